The number of hydrogen-bond acceptors (Lipinski definition) is 6. The zero-order valence-electron chi connectivity index (χ0n) is 12.5. The lowest BCUT2D eigenvalue weighted by molar-refractivity contribution is -0.131. The average molecular weight is 325 g/mol. The second-order valence-electron chi connectivity index (χ2n) is 5.34. The van der Waals surface area contributed by atoms with Crippen LogP contribution in [0, 0.1) is 6.92 Å². The first-order chi connectivity index (χ1) is 10.6. The van der Waals surface area contributed by atoms with E-state index in [0.717, 1.165) is 12.8 Å². The van der Waals surface area contributed by atoms with Crippen LogP contribution in [-0.2, 0) is 17.6 Å². The van der Waals surface area contributed by atoms with Gasteiger partial charge in [0.25, 0.3) is 0 Å². The molecule has 3 heterocycles. The predicted octanol–water partition coefficient (Wildman–Crippen LogP) is 2.49. The molecule has 1 saturated heterocycles. The van der Waals surface area contributed by atoms with Gasteiger partial charge in [-0.25, -0.2) is 0 Å². The van der Waals surface area contributed by atoms with Crippen LogP contribution in [0.4, 0.5) is 0 Å². The molecule has 1 fully saturated rings. The van der Waals surface area contributed by atoms with Crippen LogP contribution >= 0.6 is 11.6 Å². The standard InChI is InChI=1S/C14H17ClN4O3/c1-3-11-16-14(18-21-11)10-5-4-6-19(10)12(20)7-9-8(2)17-22-13(9)15/h10H,3-7H2,1-2H3/t10-/m1/s1. The summed E-state index contributed by atoms with van der Waals surface area (Å²) in [6.45, 7) is 4.40. The first-order valence-electron chi connectivity index (χ1n) is 7.32. The lowest BCUT2D eigenvalue weighted by Gasteiger charge is -2.22. The first kappa shape index (κ1) is 15.0. The van der Waals surface area contributed by atoms with Gasteiger partial charge in [-0.2, -0.15) is 4.98 Å². The lowest BCUT2D eigenvalue weighted by atomic mass is 10.1. The van der Waals surface area contributed by atoms with Gasteiger partial charge in [-0.1, -0.05) is 17.2 Å². The molecule has 0 saturated carbocycles. The molecule has 0 bridgehead atoms. The Morgan fingerprint density at radius 3 is 2.86 bits per heavy atom. The fraction of sp³-hybridized carbons (Fsp3) is 0.571. The van der Waals surface area contributed by atoms with E-state index in [0.29, 0.717) is 35.9 Å². The maximum atomic E-state index is 12.6. The molecule has 3 rings (SSSR count). The number of aryl methyl sites for hydroxylation is 2. The number of amides is 1. The quantitative estimate of drug-likeness (QED) is 0.859. The number of hydrogen-bond donors (Lipinski definition) is 0. The molecule has 2 aromatic rings. The van der Waals surface area contributed by atoms with Crippen molar-refractivity contribution in [3.63, 3.8) is 0 Å². The summed E-state index contributed by atoms with van der Waals surface area (Å²) < 4.78 is 10.0. The fourth-order valence-electron chi connectivity index (χ4n) is 2.69. The van der Waals surface area contributed by atoms with Crippen molar-refractivity contribution >= 4 is 17.5 Å². The molecule has 118 valence electrons. The van der Waals surface area contributed by atoms with Crippen LogP contribution in [0.1, 0.15) is 48.8 Å². The summed E-state index contributed by atoms with van der Waals surface area (Å²) in [5, 5.41) is 7.94. The van der Waals surface area contributed by atoms with E-state index in [-0.39, 0.29) is 23.6 Å². The molecule has 1 aliphatic rings. The second-order valence-corrected chi connectivity index (χ2v) is 5.69. The molecule has 2 aromatic heterocycles. The van der Waals surface area contributed by atoms with Gasteiger partial charge in [0.1, 0.15) is 0 Å². The van der Waals surface area contributed by atoms with Gasteiger partial charge >= 0.3 is 0 Å². The summed E-state index contributed by atoms with van der Waals surface area (Å²) in [5.74, 6) is 1.14. The molecular formula is C14H17ClN4O3. The van der Waals surface area contributed by atoms with Gasteiger partial charge in [-0.15, -0.1) is 0 Å². The van der Waals surface area contributed by atoms with Crippen molar-refractivity contribution in [2.45, 2.75) is 45.6 Å². The number of carbonyl (C=O) groups excluding carboxylic acids is 1. The van der Waals surface area contributed by atoms with E-state index < -0.39 is 0 Å². The van der Waals surface area contributed by atoms with Gasteiger partial charge in [0.2, 0.25) is 17.0 Å². The average Bonchev–Trinajstić information content (AvgIpc) is 3.21. The maximum absolute atomic E-state index is 12.6. The van der Waals surface area contributed by atoms with Gasteiger partial charge in [-0.3, -0.25) is 4.79 Å². The van der Waals surface area contributed by atoms with Crippen molar-refractivity contribution in [2.24, 2.45) is 0 Å². The van der Waals surface area contributed by atoms with Gasteiger partial charge in [0.05, 0.1) is 18.2 Å². The minimum absolute atomic E-state index is 0.0291. The molecule has 1 aliphatic heterocycles. The molecule has 0 spiro atoms. The Kier molecular flexibility index (Phi) is 4.15. The monoisotopic (exact) mass is 324 g/mol. The molecule has 8 heteroatoms. The highest BCUT2D eigenvalue weighted by Gasteiger charge is 2.34. The van der Waals surface area contributed by atoms with Crippen LogP contribution in [0.25, 0.3) is 0 Å². The number of likely N-dealkylation sites (tertiary alicyclic amines) is 1. The summed E-state index contributed by atoms with van der Waals surface area (Å²) in [5.41, 5.74) is 1.28. The molecule has 0 N–H and O–H groups in total. The summed E-state index contributed by atoms with van der Waals surface area (Å²) in [7, 11) is 0. The van der Waals surface area contributed by atoms with Gasteiger partial charge in [-0.05, 0) is 31.4 Å². The Morgan fingerprint density at radius 2 is 2.23 bits per heavy atom. The van der Waals surface area contributed by atoms with Gasteiger partial charge < -0.3 is 13.9 Å². The van der Waals surface area contributed by atoms with E-state index in [1.54, 1.807) is 11.8 Å². The maximum Gasteiger partial charge on any atom is 0.229 e. The number of nitrogens with zero attached hydrogens (tertiary/aromatic N) is 4. The number of rotatable bonds is 4. The summed E-state index contributed by atoms with van der Waals surface area (Å²) in [6.07, 6.45) is 2.61. The number of aromatic nitrogens is 3. The highest BCUT2D eigenvalue weighted by molar-refractivity contribution is 6.29. The summed E-state index contributed by atoms with van der Waals surface area (Å²) in [4.78, 5) is 18.7. The van der Waals surface area contributed by atoms with E-state index in [1.165, 1.54) is 0 Å². The van der Waals surface area contributed by atoms with Crippen LogP contribution in [0.2, 0.25) is 5.22 Å². The molecular weight excluding hydrogens is 308 g/mol. The van der Waals surface area contributed by atoms with Gasteiger partial charge in [0, 0.05) is 18.5 Å². The first-order valence-corrected chi connectivity index (χ1v) is 7.70. The van der Waals surface area contributed by atoms with Crippen LogP contribution < -0.4 is 0 Å². The van der Waals surface area contributed by atoms with Crippen LogP contribution in [0.5, 0.6) is 0 Å². The minimum Gasteiger partial charge on any atom is -0.344 e. The van der Waals surface area contributed by atoms with Crippen LogP contribution in [-0.4, -0.2) is 32.6 Å². The Hall–Kier alpha value is -1.89. The van der Waals surface area contributed by atoms with E-state index in [2.05, 4.69) is 15.3 Å². The fourth-order valence-corrected chi connectivity index (χ4v) is 2.93. The van der Waals surface area contributed by atoms with Crippen LogP contribution in [0.15, 0.2) is 9.05 Å². The van der Waals surface area contributed by atoms with Crippen molar-refractivity contribution in [1.29, 1.82) is 0 Å². The third-order valence-corrected chi connectivity index (χ3v) is 4.22. The Labute approximate surface area is 132 Å². The minimum atomic E-state index is -0.129. The summed E-state index contributed by atoms with van der Waals surface area (Å²) >= 11 is 5.93. The molecule has 0 radical (unpaired) electrons. The Bertz CT molecular complexity index is 662. The number of carbonyl (C=O) groups is 1. The van der Waals surface area contributed by atoms with E-state index in [4.69, 9.17) is 20.6 Å². The lowest BCUT2D eigenvalue weighted by Crippen LogP contribution is -2.32. The third-order valence-electron chi connectivity index (χ3n) is 3.92. The van der Waals surface area contributed by atoms with E-state index >= 15 is 0 Å². The Balaban J connectivity index is 1.76. The zero-order chi connectivity index (χ0) is 15.7. The predicted molar refractivity (Wildman–Crippen MR) is 77.3 cm³/mol. The molecule has 1 atom stereocenters. The molecule has 7 nitrogen and oxygen atoms in total. The van der Waals surface area contributed by atoms with E-state index in [1.807, 2.05) is 6.92 Å². The second kappa shape index (κ2) is 6.08. The van der Waals surface area contributed by atoms with Gasteiger partial charge in [0.15, 0.2) is 5.82 Å². The highest BCUT2D eigenvalue weighted by Crippen LogP contribution is 2.31. The highest BCUT2D eigenvalue weighted by atomic mass is 35.5. The van der Waals surface area contributed by atoms with Crippen molar-refractivity contribution in [3.05, 3.63) is 28.2 Å². The molecule has 22 heavy (non-hydrogen) atoms. The molecule has 1 amide bonds. The van der Waals surface area contributed by atoms with E-state index in [9.17, 15) is 4.79 Å². The van der Waals surface area contributed by atoms with Crippen molar-refractivity contribution in [1.82, 2.24) is 20.2 Å². The molecule has 0 unspecified atom stereocenters. The smallest absolute Gasteiger partial charge is 0.229 e. The topological polar surface area (TPSA) is 85.3 Å². The normalized spacial score (nSPS) is 18.1. The van der Waals surface area contributed by atoms with Crippen molar-refractivity contribution in [2.75, 3.05) is 6.54 Å². The SMILES string of the molecule is CCc1nc([C@H]2CCCN2C(=O)Cc2c(C)noc2Cl)no1. The van der Waals surface area contributed by atoms with Crippen molar-refractivity contribution < 1.29 is 13.8 Å². The molecule has 0 aliphatic carbocycles. The largest absolute Gasteiger partial charge is 0.344 e. The summed E-state index contributed by atoms with van der Waals surface area (Å²) in [6, 6.07) is -0.129. The number of halogens is 1. The third kappa shape index (κ3) is 2.72. The van der Waals surface area contributed by atoms with Crippen LogP contribution in [0.3, 0.4) is 0 Å². The zero-order valence-corrected chi connectivity index (χ0v) is 13.3. The van der Waals surface area contributed by atoms with Crippen molar-refractivity contribution in [3.8, 4) is 0 Å². The Morgan fingerprint density at radius 1 is 1.41 bits per heavy atom. The molecule has 0 aromatic carbocycles.